The van der Waals surface area contributed by atoms with Gasteiger partial charge in [-0.1, -0.05) is 12.1 Å². The summed E-state index contributed by atoms with van der Waals surface area (Å²) in [5, 5.41) is 3.37. The maximum absolute atomic E-state index is 11.1. The predicted molar refractivity (Wildman–Crippen MR) is 85.6 cm³/mol. The summed E-state index contributed by atoms with van der Waals surface area (Å²) in [7, 11) is 0. The molecule has 2 aromatic carbocycles. The zero-order chi connectivity index (χ0) is 14.7. The monoisotopic (exact) mass is 333 g/mol. The number of nitrogens with two attached hydrogens (primary N) is 2. The maximum Gasteiger partial charge on any atom is 0.248 e. The Morgan fingerprint density at radius 3 is 2.40 bits per heavy atom. The molecule has 2 rings (SSSR count). The van der Waals surface area contributed by atoms with Crippen LogP contribution in [0.5, 0.6) is 0 Å². The summed E-state index contributed by atoms with van der Waals surface area (Å²) in [4.78, 5) is 11.1. The molecule has 0 spiro atoms. The topological polar surface area (TPSA) is 81.1 Å². The van der Waals surface area contributed by atoms with Crippen LogP contribution in [0.1, 0.15) is 28.9 Å². The van der Waals surface area contributed by atoms with Crippen molar-refractivity contribution in [3.8, 4) is 0 Å². The first kappa shape index (κ1) is 14.4. The molecule has 0 aliphatic rings. The van der Waals surface area contributed by atoms with E-state index in [1.54, 1.807) is 12.1 Å². The zero-order valence-corrected chi connectivity index (χ0v) is 12.6. The van der Waals surface area contributed by atoms with Crippen molar-refractivity contribution in [3.05, 3.63) is 58.1 Å². The van der Waals surface area contributed by atoms with Gasteiger partial charge in [0.25, 0.3) is 0 Å². The molecule has 0 saturated heterocycles. The van der Waals surface area contributed by atoms with Crippen LogP contribution < -0.4 is 16.8 Å². The highest BCUT2D eigenvalue weighted by molar-refractivity contribution is 9.10. The number of nitrogens with one attached hydrogen (secondary N) is 1. The first-order valence-corrected chi connectivity index (χ1v) is 6.98. The second-order valence-electron chi connectivity index (χ2n) is 4.59. The predicted octanol–water partition coefficient (Wildman–Crippen LogP) is 3.30. The van der Waals surface area contributed by atoms with Crippen LogP contribution in [0.25, 0.3) is 0 Å². The number of benzene rings is 2. The molecule has 0 radical (unpaired) electrons. The van der Waals surface area contributed by atoms with E-state index in [1.165, 1.54) is 0 Å². The van der Waals surface area contributed by atoms with Gasteiger partial charge in [0.05, 0.1) is 0 Å². The van der Waals surface area contributed by atoms with E-state index in [0.717, 1.165) is 21.4 Å². The number of carbonyl (C=O) groups is 1. The van der Waals surface area contributed by atoms with Gasteiger partial charge < -0.3 is 16.8 Å². The molecule has 0 saturated carbocycles. The quantitative estimate of drug-likeness (QED) is 0.751. The fraction of sp³-hybridized carbons (Fsp3) is 0.133. The summed E-state index contributed by atoms with van der Waals surface area (Å²) in [5.74, 6) is -0.441. The van der Waals surface area contributed by atoms with Crippen LogP contribution in [0, 0.1) is 0 Å². The van der Waals surface area contributed by atoms with E-state index in [2.05, 4.69) is 28.2 Å². The lowest BCUT2D eigenvalue weighted by Crippen LogP contribution is -2.12. The maximum atomic E-state index is 11.1. The Balaban J connectivity index is 2.17. The van der Waals surface area contributed by atoms with Gasteiger partial charge in [0.15, 0.2) is 0 Å². The molecular weight excluding hydrogens is 318 g/mol. The second-order valence-corrected chi connectivity index (χ2v) is 5.45. The molecule has 0 fully saturated rings. The number of carbonyl (C=O) groups excluding carboxylic acids is 1. The van der Waals surface area contributed by atoms with Gasteiger partial charge >= 0.3 is 0 Å². The molecule has 4 nitrogen and oxygen atoms in total. The minimum atomic E-state index is -0.441. The third-order valence-corrected chi connectivity index (χ3v) is 3.72. The lowest BCUT2D eigenvalue weighted by atomic mass is 10.1. The molecule has 1 unspecified atom stereocenters. The number of halogens is 1. The van der Waals surface area contributed by atoms with E-state index in [0.29, 0.717) is 5.56 Å². The van der Waals surface area contributed by atoms with Crippen molar-refractivity contribution >= 4 is 33.2 Å². The fourth-order valence-electron chi connectivity index (χ4n) is 1.89. The van der Waals surface area contributed by atoms with Gasteiger partial charge in [-0.15, -0.1) is 0 Å². The van der Waals surface area contributed by atoms with Gasteiger partial charge in [0.2, 0.25) is 5.91 Å². The zero-order valence-electron chi connectivity index (χ0n) is 11.1. The molecule has 20 heavy (non-hydrogen) atoms. The molecule has 2 aromatic rings. The van der Waals surface area contributed by atoms with Crippen LogP contribution in [0.3, 0.4) is 0 Å². The van der Waals surface area contributed by atoms with Gasteiger partial charge in [-0.25, -0.2) is 0 Å². The van der Waals surface area contributed by atoms with E-state index >= 15 is 0 Å². The minimum Gasteiger partial charge on any atom is -0.399 e. The van der Waals surface area contributed by atoms with Crippen molar-refractivity contribution in [2.24, 2.45) is 5.73 Å². The Bertz CT molecular complexity index is 626. The Morgan fingerprint density at radius 2 is 1.85 bits per heavy atom. The second kappa shape index (κ2) is 5.96. The van der Waals surface area contributed by atoms with E-state index in [1.807, 2.05) is 30.3 Å². The average Bonchev–Trinajstić information content (AvgIpc) is 2.41. The van der Waals surface area contributed by atoms with Crippen molar-refractivity contribution in [1.29, 1.82) is 0 Å². The summed E-state index contributed by atoms with van der Waals surface area (Å²) in [5.41, 5.74) is 14.2. The Morgan fingerprint density at radius 1 is 1.20 bits per heavy atom. The molecule has 5 heteroatoms. The fourth-order valence-corrected chi connectivity index (χ4v) is 2.38. The third kappa shape index (κ3) is 3.30. The van der Waals surface area contributed by atoms with Crippen molar-refractivity contribution in [1.82, 2.24) is 0 Å². The first-order valence-electron chi connectivity index (χ1n) is 6.18. The molecule has 0 bridgehead atoms. The van der Waals surface area contributed by atoms with E-state index in [4.69, 9.17) is 11.5 Å². The Labute approximate surface area is 126 Å². The Kier molecular flexibility index (Phi) is 4.29. The molecule has 0 aromatic heterocycles. The molecular formula is C15H16BrN3O. The lowest BCUT2D eigenvalue weighted by molar-refractivity contribution is 0.100. The SMILES string of the molecule is CC(Nc1ccc(C(N)=O)cc1Br)c1ccc(N)cc1. The highest BCUT2D eigenvalue weighted by Gasteiger charge is 2.09. The summed E-state index contributed by atoms with van der Waals surface area (Å²) in [6.07, 6.45) is 0. The van der Waals surface area contributed by atoms with Crippen LogP contribution in [0.2, 0.25) is 0 Å². The molecule has 0 heterocycles. The number of nitrogen functional groups attached to an aromatic ring is 1. The lowest BCUT2D eigenvalue weighted by Gasteiger charge is -2.17. The van der Waals surface area contributed by atoms with Crippen molar-refractivity contribution in [3.63, 3.8) is 0 Å². The van der Waals surface area contributed by atoms with Gasteiger partial charge in [0, 0.05) is 27.5 Å². The highest BCUT2D eigenvalue weighted by Crippen LogP contribution is 2.27. The summed E-state index contributed by atoms with van der Waals surface area (Å²) in [6.45, 7) is 2.06. The van der Waals surface area contributed by atoms with E-state index in [9.17, 15) is 4.79 Å². The molecule has 0 aliphatic carbocycles. The molecule has 1 atom stereocenters. The van der Waals surface area contributed by atoms with E-state index < -0.39 is 5.91 Å². The summed E-state index contributed by atoms with van der Waals surface area (Å²) in [6, 6.07) is 13.1. The number of hydrogen-bond acceptors (Lipinski definition) is 3. The van der Waals surface area contributed by atoms with Crippen molar-refractivity contribution in [2.75, 3.05) is 11.1 Å². The van der Waals surface area contributed by atoms with Gasteiger partial charge in [-0.05, 0) is 58.7 Å². The normalized spacial score (nSPS) is 11.9. The number of hydrogen-bond donors (Lipinski definition) is 3. The molecule has 0 aliphatic heterocycles. The number of amides is 1. The van der Waals surface area contributed by atoms with Crippen LogP contribution in [-0.2, 0) is 0 Å². The van der Waals surface area contributed by atoms with Crippen LogP contribution >= 0.6 is 15.9 Å². The number of anilines is 2. The Hall–Kier alpha value is -2.01. The van der Waals surface area contributed by atoms with Gasteiger partial charge in [-0.2, -0.15) is 0 Å². The third-order valence-electron chi connectivity index (χ3n) is 3.06. The largest absolute Gasteiger partial charge is 0.399 e. The molecule has 1 amide bonds. The molecule has 5 N–H and O–H groups in total. The van der Waals surface area contributed by atoms with Gasteiger partial charge in [0.1, 0.15) is 0 Å². The summed E-state index contributed by atoms with van der Waals surface area (Å²) < 4.78 is 0.802. The summed E-state index contributed by atoms with van der Waals surface area (Å²) >= 11 is 3.44. The van der Waals surface area contributed by atoms with Crippen LogP contribution in [-0.4, -0.2) is 5.91 Å². The number of primary amides is 1. The smallest absolute Gasteiger partial charge is 0.248 e. The molecule has 104 valence electrons. The first-order chi connectivity index (χ1) is 9.47. The highest BCUT2D eigenvalue weighted by atomic mass is 79.9. The van der Waals surface area contributed by atoms with Crippen LogP contribution in [0.15, 0.2) is 46.9 Å². The van der Waals surface area contributed by atoms with Crippen molar-refractivity contribution < 1.29 is 4.79 Å². The van der Waals surface area contributed by atoms with Gasteiger partial charge in [-0.3, -0.25) is 4.79 Å². The minimum absolute atomic E-state index is 0.117. The number of rotatable bonds is 4. The standard InChI is InChI=1S/C15H16BrN3O/c1-9(10-2-5-12(17)6-3-10)19-14-7-4-11(15(18)20)8-13(14)16/h2-9,19H,17H2,1H3,(H2,18,20). The van der Waals surface area contributed by atoms with Crippen LogP contribution in [0.4, 0.5) is 11.4 Å². The average molecular weight is 334 g/mol. The van der Waals surface area contributed by atoms with E-state index in [-0.39, 0.29) is 6.04 Å². The van der Waals surface area contributed by atoms with Crippen molar-refractivity contribution in [2.45, 2.75) is 13.0 Å².